The second-order valence-electron chi connectivity index (χ2n) is 7.73. The minimum atomic E-state index is -4.65. The number of carbonyl (C=O) groups is 2. The monoisotopic (exact) mass is 489 g/mol. The number of carbonyl (C=O) groups excluding carboxylic acids is 2. The van der Waals surface area contributed by atoms with E-state index in [4.69, 9.17) is 21.1 Å². The van der Waals surface area contributed by atoms with Crippen LogP contribution in [0.4, 0.5) is 13.2 Å². The van der Waals surface area contributed by atoms with Crippen molar-refractivity contribution in [2.45, 2.75) is 23.2 Å². The number of benzene rings is 3. The molecule has 3 aromatic carbocycles. The fourth-order valence-corrected chi connectivity index (χ4v) is 4.28. The van der Waals surface area contributed by atoms with E-state index in [1.807, 2.05) is 0 Å². The fraction of sp³-hybridized carbons (Fsp3) is 0.200. The molecule has 4 rings (SSSR count). The van der Waals surface area contributed by atoms with Crippen molar-refractivity contribution in [1.29, 1.82) is 0 Å². The molecule has 9 heteroatoms. The van der Waals surface area contributed by atoms with Gasteiger partial charge in [-0.1, -0.05) is 72.3 Å². The third-order valence-electron chi connectivity index (χ3n) is 5.84. The van der Waals surface area contributed by atoms with Gasteiger partial charge in [-0.3, -0.25) is 5.32 Å². The molecule has 0 aromatic heterocycles. The predicted octanol–water partition coefficient (Wildman–Crippen LogP) is 5.00. The Morgan fingerprint density at radius 3 is 1.97 bits per heavy atom. The molecule has 0 spiro atoms. The molecule has 1 fully saturated rings. The van der Waals surface area contributed by atoms with Gasteiger partial charge in [0.1, 0.15) is 5.75 Å². The molecule has 3 atom stereocenters. The van der Waals surface area contributed by atoms with Crippen LogP contribution in [0.15, 0.2) is 84.9 Å². The predicted molar refractivity (Wildman–Crippen MR) is 118 cm³/mol. The second-order valence-corrected chi connectivity index (χ2v) is 8.16. The van der Waals surface area contributed by atoms with E-state index >= 15 is 13.2 Å². The maximum Gasteiger partial charge on any atom is 0.357 e. The van der Waals surface area contributed by atoms with E-state index in [9.17, 15) is 9.59 Å². The largest absolute Gasteiger partial charge is 0.467 e. The molecule has 0 amide bonds. The number of alkyl halides is 3. The maximum absolute atomic E-state index is 16.8. The zero-order valence-electron chi connectivity index (χ0n) is 17.8. The van der Waals surface area contributed by atoms with E-state index in [1.54, 1.807) is 12.1 Å². The summed E-state index contributed by atoms with van der Waals surface area (Å²) in [5, 5.41) is 2.68. The molecule has 3 aromatic rings. The van der Waals surface area contributed by atoms with Crippen molar-refractivity contribution in [2.24, 2.45) is 0 Å². The van der Waals surface area contributed by atoms with Gasteiger partial charge in [-0.2, -0.15) is 8.78 Å². The summed E-state index contributed by atoms with van der Waals surface area (Å²) in [6.07, 6.45) is 0. The summed E-state index contributed by atoms with van der Waals surface area (Å²) in [5.41, 5.74) is -7.37. The smallest absolute Gasteiger partial charge is 0.357 e. The van der Waals surface area contributed by atoms with Crippen molar-refractivity contribution in [3.05, 3.63) is 101 Å². The zero-order valence-corrected chi connectivity index (χ0v) is 18.6. The Labute approximate surface area is 198 Å². The number of methoxy groups -OCH3 is 1. The van der Waals surface area contributed by atoms with Gasteiger partial charge in [0.2, 0.25) is 5.54 Å². The minimum Gasteiger partial charge on any atom is -0.467 e. The van der Waals surface area contributed by atoms with Gasteiger partial charge in [-0.05, 0) is 35.4 Å². The number of halogens is 4. The average molecular weight is 490 g/mol. The highest BCUT2D eigenvalue weighted by Crippen LogP contribution is 2.59. The normalized spacial score (nSPS) is 25.5. The molecule has 1 heterocycles. The van der Waals surface area contributed by atoms with Crippen LogP contribution in [0.25, 0.3) is 0 Å². The van der Waals surface area contributed by atoms with Crippen LogP contribution >= 0.6 is 11.6 Å². The lowest BCUT2D eigenvalue weighted by Gasteiger charge is -2.35. The van der Waals surface area contributed by atoms with Gasteiger partial charge in [0.25, 0.3) is 5.67 Å². The molecule has 0 bridgehead atoms. The van der Waals surface area contributed by atoms with Crippen LogP contribution in [0.2, 0.25) is 5.02 Å². The van der Waals surface area contributed by atoms with Gasteiger partial charge in [0, 0.05) is 5.02 Å². The Kier molecular flexibility index (Phi) is 6.14. The maximum atomic E-state index is 16.8. The number of hydrogen-bond donors (Lipinski definition) is 1. The lowest BCUT2D eigenvalue weighted by molar-refractivity contribution is -0.197. The van der Waals surface area contributed by atoms with Gasteiger partial charge in [-0.25, -0.2) is 14.0 Å². The highest BCUT2D eigenvalue weighted by Gasteiger charge is 2.84. The SMILES string of the molecule is COC(=O)[C@]1(c2ccccc2)N[C@H](c2ccc(Cl)cc2)[C@](F)(C(=O)Oc2ccccc2)C1(F)F. The quantitative estimate of drug-likeness (QED) is 0.403. The summed E-state index contributed by atoms with van der Waals surface area (Å²) in [7, 11) is 0.905. The summed E-state index contributed by atoms with van der Waals surface area (Å²) >= 11 is 5.91. The summed E-state index contributed by atoms with van der Waals surface area (Å²) < 4.78 is 59.2. The van der Waals surface area contributed by atoms with Crippen LogP contribution in [-0.4, -0.2) is 30.6 Å². The van der Waals surface area contributed by atoms with E-state index < -0.39 is 35.1 Å². The first kappa shape index (κ1) is 23.8. The number of rotatable bonds is 5. The van der Waals surface area contributed by atoms with Crippen molar-refractivity contribution < 1.29 is 32.2 Å². The van der Waals surface area contributed by atoms with Crippen molar-refractivity contribution in [3.63, 3.8) is 0 Å². The third kappa shape index (κ3) is 3.45. The lowest BCUT2D eigenvalue weighted by Crippen LogP contribution is -2.62. The van der Waals surface area contributed by atoms with Gasteiger partial charge in [-0.15, -0.1) is 0 Å². The molecule has 5 nitrogen and oxygen atoms in total. The number of para-hydroxylation sites is 1. The highest BCUT2D eigenvalue weighted by atomic mass is 35.5. The molecule has 1 saturated heterocycles. The molecule has 0 radical (unpaired) electrons. The topological polar surface area (TPSA) is 64.6 Å². The van der Waals surface area contributed by atoms with E-state index in [0.717, 1.165) is 7.11 Å². The number of ether oxygens (including phenoxy) is 2. The van der Waals surface area contributed by atoms with Crippen molar-refractivity contribution in [2.75, 3.05) is 7.11 Å². The summed E-state index contributed by atoms with van der Waals surface area (Å²) in [6.45, 7) is 0. The van der Waals surface area contributed by atoms with Crippen LogP contribution in [0.5, 0.6) is 5.75 Å². The Morgan fingerprint density at radius 1 is 0.853 bits per heavy atom. The van der Waals surface area contributed by atoms with E-state index in [-0.39, 0.29) is 21.9 Å². The van der Waals surface area contributed by atoms with E-state index in [2.05, 4.69) is 5.32 Å². The zero-order chi connectivity index (χ0) is 24.6. The molecule has 0 unspecified atom stereocenters. The first-order valence-electron chi connectivity index (χ1n) is 10.2. The van der Waals surface area contributed by atoms with E-state index in [1.165, 1.54) is 72.8 Å². The van der Waals surface area contributed by atoms with Gasteiger partial charge in [0.15, 0.2) is 0 Å². The van der Waals surface area contributed by atoms with Crippen molar-refractivity contribution in [3.8, 4) is 5.75 Å². The first-order valence-corrected chi connectivity index (χ1v) is 10.6. The Morgan fingerprint density at radius 2 is 1.41 bits per heavy atom. The van der Waals surface area contributed by atoms with Crippen LogP contribution in [-0.2, 0) is 19.9 Å². The molecule has 0 aliphatic carbocycles. The van der Waals surface area contributed by atoms with Crippen molar-refractivity contribution >= 4 is 23.5 Å². The van der Waals surface area contributed by atoms with Gasteiger partial charge in [0.05, 0.1) is 13.2 Å². The fourth-order valence-electron chi connectivity index (χ4n) is 4.16. The second kappa shape index (κ2) is 8.77. The van der Waals surface area contributed by atoms with Crippen molar-refractivity contribution in [1.82, 2.24) is 5.32 Å². The van der Waals surface area contributed by atoms with Crippen LogP contribution < -0.4 is 10.1 Å². The number of nitrogens with one attached hydrogen (secondary N) is 1. The Bertz CT molecular complexity index is 1190. The number of esters is 2. The molecule has 1 aliphatic heterocycles. The highest BCUT2D eigenvalue weighted by molar-refractivity contribution is 6.30. The minimum absolute atomic E-state index is 0.0432. The first-order chi connectivity index (χ1) is 16.2. The summed E-state index contributed by atoms with van der Waals surface area (Å²) in [6, 6.07) is 17.4. The summed E-state index contributed by atoms with van der Waals surface area (Å²) in [5.74, 6) is -8.11. The average Bonchev–Trinajstić information content (AvgIpc) is 3.04. The Hall–Kier alpha value is -3.36. The van der Waals surface area contributed by atoms with Crippen LogP contribution in [0, 0.1) is 0 Å². The number of hydrogen-bond acceptors (Lipinski definition) is 5. The van der Waals surface area contributed by atoms with Crippen LogP contribution in [0.1, 0.15) is 17.2 Å². The molecular weight excluding hydrogens is 471 g/mol. The Balaban J connectivity index is 1.94. The summed E-state index contributed by atoms with van der Waals surface area (Å²) in [4.78, 5) is 26.1. The molecular formula is C25H19ClF3NO4. The molecule has 1 aliphatic rings. The molecule has 0 saturated carbocycles. The molecule has 34 heavy (non-hydrogen) atoms. The van der Waals surface area contributed by atoms with Gasteiger partial charge >= 0.3 is 17.9 Å². The standard InChI is InChI=1S/C25H19ClF3NO4/c1-33-22(32)24(17-8-4-2-5-9-17)25(28,29)23(27,21(31)34-19-10-6-3-7-11-19)20(30-24)16-12-14-18(26)15-13-16/h2-15,20,30H,1H3/t20-,23+,24+/m1/s1. The molecule has 1 N–H and O–H groups in total. The molecule has 176 valence electrons. The van der Waals surface area contributed by atoms with Gasteiger partial charge < -0.3 is 9.47 Å². The van der Waals surface area contributed by atoms with Crippen LogP contribution in [0.3, 0.4) is 0 Å². The van der Waals surface area contributed by atoms with E-state index in [0.29, 0.717) is 0 Å². The third-order valence-corrected chi connectivity index (χ3v) is 6.09. The lowest BCUT2D eigenvalue weighted by atomic mass is 9.78.